The Bertz CT molecular complexity index is 952. The molecule has 0 fully saturated rings. The van der Waals surface area contributed by atoms with Crippen LogP contribution in [0.25, 0.3) is 11.4 Å². The standard InChI is InChI=1S/C12H11ClN6O2S2/c13-9-5-7(22-12(9)23(15,20)21)4-6-2-1-3-8(10(6)14)11-16-18-19-17-11/h1-3,5H,4,14H2,(H2,15,20,21)(H,16,17,18,19). The van der Waals surface area contributed by atoms with Crippen LogP contribution in [0, 0.1) is 0 Å². The highest BCUT2D eigenvalue weighted by molar-refractivity contribution is 7.91. The van der Waals surface area contributed by atoms with E-state index in [2.05, 4.69) is 20.6 Å². The van der Waals surface area contributed by atoms with Crippen molar-refractivity contribution in [2.24, 2.45) is 5.14 Å². The first-order valence-electron chi connectivity index (χ1n) is 6.28. The fourth-order valence-electron chi connectivity index (χ4n) is 2.11. The molecule has 1 aromatic carbocycles. The molecule has 0 bridgehead atoms. The molecule has 0 spiro atoms. The van der Waals surface area contributed by atoms with Crippen LogP contribution in [0.1, 0.15) is 10.4 Å². The Hall–Kier alpha value is -2.01. The van der Waals surface area contributed by atoms with Crippen molar-refractivity contribution in [1.29, 1.82) is 0 Å². The van der Waals surface area contributed by atoms with E-state index in [9.17, 15) is 8.42 Å². The molecule has 0 radical (unpaired) electrons. The highest BCUT2D eigenvalue weighted by Crippen LogP contribution is 2.34. The number of tetrazole rings is 1. The zero-order valence-electron chi connectivity index (χ0n) is 11.5. The minimum absolute atomic E-state index is 0.0525. The van der Waals surface area contributed by atoms with Crippen molar-refractivity contribution in [3.63, 3.8) is 0 Å². The second-order valence-electron chi connectivity index (χ2n) is 4.70. The van der Waals surface area contributed by atoms with Crippen LogP contribution in [0.5, 0.6) is 0 Å². The summed E-state index contributed by atoms with van der Waals surface area (Å²) in [5, 5.41) is 18.8. The van der Waals surface area contributed by atoms with Crippen molar-refractivity contribution in [2.75, 3.05) is 5.73 Å². The topological polar surface area (TPSA) is 141 Å². The maximum Gasteiger partial charge on any atom is 0.249 e. The molecule has 2 aromatic heterocycles. The van der Waals surface area contributed by atoms with Crippen molar-refractivity contribution in [3.8, 4) is 11.4 Å². The first-order chi connectivity index (χ1) is 10.9. The van der Waals surface area contributed by atoms with Gasteiger partial charge in [0.1, 0.15) is 0 Å². The van der Waals surface area contributed by atoms with E-state index in [0.29, 0.717) is 23.5 Å². The highest BCUT2D eigenvalue weighted by atomic mass is 35.5. The van der Waals surface area contributed by atoms with E-state index in [4.69, 9.17) is 22.5 Å². The van der Waals surface area contributed by atoms with Crippen LogP contribution in [-0.2, 0) is 16.4 Å². The summed E-state index contributed by atoms with van der Waals surface area (Å²) in [6.07, 6.45) is 0.418. The van der Waals surface area contributed by atoms with E-state index in [-0.39, 0.29) is 9.23 Å². The van der Waals surface area contributed by atoms with Crippen LogP contribution in [0.2, 0.25) is 5.02 Å². The van der Waals surface area contributed by atoms with Gasteiger partial charge in [0.05, 0.1) is 5.02 Å². The molecule has 0 unspecified atom stereocenters. The fourth-order valence-corrected chi connectivity index (χ4v) is 4.66. The van der Waals surface area contributed by atoms with E-state index in [1.54, 1.807) is 12.1 Å². The average Bonchev–Trinajstić information content (AvgIpc) is 3.10. The Morgan fingerprint density at radius 3 is 2.74 bits per heavy atom. The fraction of sp³-hybridized carbons (Fsp3) is 0.0833. The summed E-state index contributed by atoms with van der Waals surface area (Å²) >= 11 is 6.96. The molecule has 0 saturated heterocycles. The summed E-state index contributed by atoms with van der Waals surface area (Å²) in [6, 6.07) is 7.03. The monoisotopic (exact) mass is 370 g/mol. The van der Waals surface area contributed by atoms with E-state index < -0.39 is 10.0 Å². The average molecular weight is 371 g/mol. The third kappa shape index (κ3) is 3.20. The van der Waals surface area contributed by atoms with Crippen LogP contribution in [0.4, 0.5) is 5.69 Å². The van der Waals surface area contributed by atoms with Crippen LogP contribution in [-0.4, -0.2) is 29.0 Å². The molecule has 0 aliphatic rings. The van der Waals surface area contributed by atoms with Gasteiger partial charge in [-0.05, 0) is 28.1 Å². The number of nitrogens with zero attached hydrogens (tertiary/aromatic N) is 3. The van der Waals surface area contributed by atoms with Gasteiger partial charge in [-0.1, -0.05) is 23.7 Å². The number of anilines is 1. The molecule has 0 aliphatic heterocycles. The first kappa shape index (κ1) is 15.9. The molecule has 3 rings (SSSR count). The number of para-hydroxylation sites is 1. The summed E-state index contributed by atoms with van der Waals surface area (Å²) in [6.45, 7) is 0. The number of H-pyrrole nitrogens is 1. The van der Waals surface area contributed by atoms with Gasteiger partial charge in [0.2, 0.25) is 10.0 Å². The van der Waals surface area contributed by atoms with Gasteiger partial charge in [0.25, 0.3) is 0 Å². The van der Waals surface area contributed by atoms with E-state index >= 15 is 0 Å². The number of benzene rings is 1. The maximum absolute atomic E-state index is 11.4. The van der Waals surface area contributed by atoms with Gasteiger partial charge in [0, 0.05) is 22.5 Å². The van der Waals surface area contributed by atoms with Crippen LogP contribution >= 0.6 is 22.9 Å². The number of hydrogen-bond acceptors (Lipinski definition) is 7. The van der Waals surface area contributed by atoms with Gasteiger partial charge in [-0.2, -0.15) is 0 Å². The number of hydrogen-bond donors (Lipinski definition) is 3. The lowest BCUT2D eigenvalue weighted by molar-refractivity contribution is 0.600. The molecule has 0 atom stereocenters. The molecule has 8 nitrogen and oxygen atoms in total. The molecule has 3 aromatic rings. The van der Waals surface area contributed by atoms with Gasteiger partial charge in [-0.25, -0.2) is 18.7 Å². The maximum atomic E-state index is 11.4. The van der Waals surface area contributed by atoms with Gasteiger partial charge in [0.15, 0.2) is 10.0 Å². The summed E-state index contributed by atoms with van der Waals surface area (Å²) < 4.78 is 22.8. The second kappa shape index (κ2) is 5.89. The molecule has 0 amide bonds. The normalized spacial score (nSPS) is 11.7. The van der Waals surface area contributed by atoms with Crippen LogP contribution < -0.4 is 10.9 Å². The molecule has 120 valence electrons. The number of aromatic nitrogens is 4. The number of primary sulfonamides is 1. The Balaban J connectivity index is 1.97. The quantitative estimate of drug-likeness (QED) is 0.593. The molecule has 0 aliphatic carbocycles. The summed E-state index contributed by atoms with van der Waals surface area (Å²) in [5.41, 5.74) is 8.15. The molecular weight excluding hydrogens is 360 g/mol. The smallest absolute Gasteiger partial charge is 0.249 e. The highest BCUT2D eigenvalue weighted by Gasteiger charge is 2.18. The van der Waals surface area contributed by atoms with Crippen molar-refractivity contribution < 1.29 is 8.42 Å². The third-order valence-corrected chi connectivity index (χ3v) is 6.26. The third-order valence-electron chi connectivity index (χ3n) is 3.13. The molecule has 5 N–H and O–H groups in total. The van der Waals surface area contributed by atoms with Crippen molar-refractivity contribution >= 4 is 38.6 Å². The predicted molar refractivity (Wildman–Crippen MR) is 87.5 cm³/mol. The molecule has 11 heteroatoms. The Morgan fingerprint density at radius 2 is 2.13 bits per heavy atom. The minimum atomic E-state index is -3.83. The predicted octanol–water partition coefficient (Wildman–Crippen LogP) is 1.40. The van der Waals surface area contributed by atoms with Gasteiger partial charge >= 0.3 is 0 Å². The van der Waals surface area contributed by atoms with Gasteiger partial charge in [-0.3, -0.25) is 0 Å². The number of halogens is 1. The van der Waals surface area contributed by atoms with E-state index in [1.165, 1.54) is 0 Å². The number of aromatic amines is 1. The largest absolute Gasteiger partial charge is 0.398 e. The summed E-state index contributed by atoms with van der Waals surface area (Å²) in [4.78, 5) is 0.735. The van der Waals surface area contributed by atoms with Gasteiger partial charge < -0.3 is 5.73 Å². The van der Waals surface area contributed by atoms with Crippen molar-refractivity contribution in [2.45, 2.75) is 10.6 Å². The van der Waals surface area contributed by atoms with Crippen molar-refractivity contribution in [3.05, 3.63) is 39.7 Å². The summed E-state index contributed by atoms with van der Waals surface area (Å²) in [7, 11) is -3.83. The first-order valence-corrected chi connectivity index (χ1v) is 9.03. The lowest BCUT2D eigenvalue weighted by Gasteiger charge is -2.08. The second-order valence-corrected chi connectivity index (χ2v) is 8.00. The molecule has 23 heavy (non-hydrogen) atoms. The summed E-state index contributed by atoms with van der Waals surface area (Å²) in [5.74, 6) is 0.457. The SMILES string of the molecule is Nc1c(Cc2cc(Cl)c(S(N)(=O)=O)s2)cccc1-c1nnn[nH]1. The Kier molecular flexibility index (Phi) is 4.06. The van der Waals surface area contributed by atoms with E-state index in [0.717, 1.165) is 21.8 Å². The number of nitrogens with two attached hydrogens (primary N) is 2. The Morgan fingerprint density at radius 1 is 1.35 bits per heavy atom. The van der Waals surface area contributed by atoms with E-state index in [1.807, 2.05) is 12.1 Å². The lowest BCUT2D eigenvalue weighted by atomic mass is 10.0. The van der Waals surface area contributed by atoms with Crippen LogP contribution in [0.3, 0.4) is 0 Å². The van der Waals surface area contributed by atoms with Crippen LogP contribution in [0.15, 0.2) is 28.5 Å². The zero-order chi connectivity index (χ0) is 16.6. The number of thiophene rings is 1. The number of nitrogen functional groups attached to an aromatic ring is 1. The lowest BCUT2D eigenvalue weighted by Crippen LogP contribution is -2.10. The minimum Gasteiger partial charge on any atom is -0.398 e. The molecular formula is C12H11ClN6O2S2. The van der Waals surface area contributed by atoms with Gasteiger partial charge in [-0.15, -0.1) is 16.4 Å². The van der Waals surface area contributed by atoms with Crippen molar-refractivity contribution in [1.82, 2.24) is 20.6 Å². The zero-order valence-corrected chi connectivity index (χ0v) is 13.9. The number of rotatable bonds is 4. The molecule has 2 heterocycles. The Labute approximate surface area is 140 Å². The molecule has 0 saturated carbocycles. The number of nitrogens with one attached hydrogen (secondary N) is 1. The number of sulfonamides is 1.